The summed E-state index contributed by atoms with van der Waals surface area (Å²) in [6.45, 7) is 3.69. The summed E-state index contributed by atoms with van der Waals surface area (Å²) in [5.74, 6) is 1.28. The second kappa shape index (κ2) is 5.04. The minimum Gasteiger partial charge on any atom is -0.467 e. The first kappa shape index (κ1) is 11.7. The van der Waals surface area contributed by atoms with Gasteiger partial charge in [-0.2, -0.15) is 0 Å². The third-order valence-electron chi connectivity index (χ3n) is 2.83. The van der Waals surface area contributed by atoms with Gasteiger partial charge in [0.2, 0.25) is 0 Å². The second-order valence-electron chi connectivity index (χ2n) is 4.07. The smallest absolute Gasteiger partial charge is 0.189 e. The van der Waals surface area contributed by atoms with Gasteiger partial charge < -0.3 is 15.2 Å². The van der Waals surface area contributed by atoms with Crippen molar-refractivity contribution < 1.29 is 9.47 Å². The van der Waals surface area contributed by atoms with Gasteiger partial charge in [-0.3, -0.25) is 0 Å². The van der Waals surface area contributed by atoms with E-state index in [-0.39, 0.29) is 0 Å². The van der Waals surface area contributed by atoms with Gasteiger partial charge in [0.1, 0.15) is 5.75 Å². The highest BCUT2D eigenvalue weighted by Gasteiger charge is 2.19. The molecule has 16 heavy (non-hydrogen) atoms. The van der Waals surface area contributed by atoms with E-state index in [2.05, 4.69) is 6.92 Å². The van der Waals surface area contributed by atoms with Gasteiger partial charge in [0.15, 0.2) is 6.79 Å². The van der Waals surface area contributed by atoms with Crippen molar-refractivity contribution in [2.45, 2.75) is 25.9 Å². The quantitative estimate of drug-likeness (QED) is 0.885. The number of nitrogens with two attached hydrogens (primary N) is 1. The first-order valence-corrected chi connectivity index (χ1v) is 5.83. The molecule has 2 rings (SSSR count). The predicted molar refractivity (Wildman–Crippen MR) is 63.8 cm³/mol. The molecule has 1 heterocycles. The minimum atomic E-state index is 0.316. The molecule has 0 aromatic heterocycles. The molecule has 0 aliphatic carbocycles. The molecule has 0 spiro atoms. The molecule has 4 heteroatoms. The molecule has 88 valence electrons. The maximum absolute atomic E-state index is 6.08. The van der Waals surface area contributed by atoms with Crippen LogP contribution in [0, 0.1) is 0 Å². The van der Waals surface area contributed by atoms with Crippen molar-refractivity contribution in [3.63, 3.8) is 0 Å². The fourth-order valence-corrected chi connectivity index (χ4v) is 2.23. The van der Waals surface area contributed by atoms with Crippen LogP contribution in [-0.2, 0) is 11.3 Å². The molecule has 1 aliphatic rings. The number of halogens is 1. The van der Waals surface area contributed by atoms with Gasteiger partial charge in [-0.1, -0.05) is 18.5 Å². The Hall–Kier alpha value is -0.770. The first-order chi connectivity index (χ1) is 7.72. The molecule has 1 unspecified atom stereocenters. The van der Waals surface area contributed by atoms with Gasteiger partial charge in [0.05, 0.1) is 6.61 Å². The first-order valence-electron chi connectivity index (χ1n) is 5.45. The van der Waals surface area contributed by atoms with Gasteiger partial charge in [-0.25, -0.2) is 0 Å². The van der Waals surface area contributed by atoms with Crippen molar-refractivity contribution >= 4 is 11.6 Å². The van der Waals surface area contributed by atoms with Gasteiger partial charge in [0.25, 0.3) is 0 Å². The number of benzene rings is 1. The van der Waals surface area contributed by atoms with E-state index in [1.807, 2.05) is 12.1 Å². The zero-order chi connectivity index (χ0) is 11.5. The summed E-state index contributed by atoms with van der Waals surface area (Å²) in [6.07, 6.45) is 0.928. The molecule has 0 bridgehead atoms. The normalized spacial score (nSPS) is 16.4. The Morgan fingerprint density at radius 3 is 3.06 bits per heavy atom. The Balaban J connectivity index is 2.38. The molecule has 0 amide bonds. The van der Waals surface area contributed by atoms with E-state index in [9.17, 15) is 0 Å². The highest BCUT2D eigenvalue weighted by atomic mass is 35.5. The molecule has 3 nitrogen and oxygen atoms in total. The largest absolute Gasteiger partial charge is 0.467 e. The minimum absolute atomic E-state index is 0.316. The van der Waals surface area contributed by atoms with Crippen LogP contribution in [0.2, 0.25) is 5.02 Å². The monoisotopic (exact) mass is 241 g/mol. The zero-order valence-electron chi connectivity index (χ0n) is 9.33. The Morgan fingerprint density at radius 2 is 2.31 bits per heavy atom. The summed E-state index contributed by atoms with van der Waals surface area (Å²) in [5.41, 5.74) is 7.74. The Bertz CT molecular complexity index is 382. The SMILES string of the molecule is CC(CCN)c1cc(Cl)cc2c1OCOC2. The summed E-state index contributed by atoms with van der Waals surface area (Å²) in [4.78, 5) is 0. The Labute approximate surface area is 100 Å². The van der Waals surface area contributed by atoms with Crippen molar-refractivity contribution in [2.75, 3.05) is 13.3 Å². The van der Waals surface area contributed by atoms with E-state index in [0.29, 0.717) is 25.9 Å². The van der Waals surface area contributed by atoms with E-state index in [4.69, 9.17) is 26.8 Å². The number of hydrogen-bond acceptors (Lipinski definition) is 3. The summed E-state index contributed by atoms with van der Waals surface area (Å²) < 4.78 is 10.8. The highest BCUT2D eigenvalue weighted by Crippen LogP contribution is 2.36. The zero-order valence-corrected chi connectivity index (χ0v) is 10.1. The van der Waals surface area contributed by atoms with Crippen LogP contribution in [0.25, 0.3) is 0 Å². The van der Waals surface area contributed by atoms with Crippen molar-refractivity contribution in [3.05, 3.63) is 28.3 Å². The molecule has 1 atom stereocenters. The highest BCUT2D eigenvalue weighted by molar-refractivity contribution is 6.30. The van der Waals surface area contributed by atoms with Gasteiger partial charge in [-0.05, 0) is 36.6 Å². The van der Waals surface area contributed by atoms with Crippen LogP contribution in [-0.4, -0.2) is 13.3 Å². The Morgan fingerprint density at radius 1 is 1.50 bits per heavy atom. The molecule has 1 aromatic rings. The summed E-state index contributed by atoms with van der Waals surface area (Å²) in [5, 5.41) is 0.728. The average Bonchev–Trinajstić information content (AvgIpc) is 2.28. The number of rotatable bonds is 3. The lowest BCUT2D eigenvalue weighted by Crippen LogP contribution is -2.15. The predicted octanol–water partition coefficient (Wildman–Crippen LogP) is 2.66. The van der Waals surface area contributed by atoms with Crippen LogP contribution < -0.4 is 10.5 Å². The number of ether oxygens (including phenoxy) is 2. The second-order valence-corrected chi connectivity index (χ2v) is 4.51. The third kappa shape index (κ3) is 2.32. The summed E-state index contributed by atoms with van der Waals surface area (Å²) in [6, 6.07) is 3.86. The molecule has 0 radical (unpaired) electrons. The third-order valence-corrected chi connectivity index (χ3v) is 3.05. The lowest BCUT2D eigenvalue weighted by Gasteiger charge is -2.23. The molecule has 1 aromatic carbocycles. The van der Waals surface area contributed by atoms with Crippen LogP contribution in [0.1, 0.15) is 30.4 Å². The van der Waals surface area contributed by atoms with E-state index in [0.717, 1.165) is 28.3 Å². The van der Waals surface area contributed by atoms with E-state index >= 15 is 0 Å². The van der Waals surface area contributed by atoms with Crippen molar-refractivity contribution in [3.8, 4) is 5.75 Å². The van der Waals surface area contributed by atoms with Crippen molar-refractivity contribution in [1.82, 2.24) is 0 Å². The molecule has 1 aliphatic heterocycles. The van der Waals surface area contributed by atoms with Crippen LogP contribution in [0.15, 0.2) is 12.1 Å². The van der Waals surface area contributed by atoms with Gasteiger partial charge in [-0.15, -0.1) is 0 Å². The van der Waals surface area contributed by atoms with Crippen molar-refractivity contribution in [2.24, 2.45) is 5.73 Å². The van der Waals surface area contributed by atoms with Crippen LogP contribution in [0.4, 0.5) is 0 Å². The molecule has 0 saturated heterocycles. The van der Waals surface area contributed by atoms with Gasteiger partial charge in [0, 0.05) is 10.6 Å². The molecule has 0 saturated carbocycles. The fourth-order valence-electron chi connectivity index (χ4n) is 1.98. The maximum Gasteiger partial charge on any atom is 0.189 e. The lowest BCUT2D eigenvalue weighted by atomic mass is 9.94. The van der Waals surface area contributed by atoms with Crippen LogP contribution >= 0.6 is 11.6 Å². The number of hydrogen-bond donors (Lipinski definition) is 1. The molecule has 2 N–H and O–H groups in total. The van der Waals surface area contributed by atoms with E-state index in [1.165, 1.54) is 0 Å². The van der Waals surface area contributed by atoms with Crippen LogP contribution in [0.3, 0.4) is 0 Å². The topological polar surface area (TPSA) is 44.5 Å². The maximum atomic E-state index is 6.08. The lowest BCUT2D eigenvalue weighted by molar-refractivity contribution is -0.0172. The fraction of sp³-hybridized carbons (Fsp3) is 0.500. The molecular formula is C12H16ClNO2. The summed E-state index contributed by atoms with van der Waals surface area (Å²) >= 11 is 6.08. The van der Waals surface area contributed by atoms with Crippen LogP contribution in [0.5, 0.6) is 5.75 Å². The Kier molecular flexibility index (Phi) is 3.69. The average molecular weight is 242 g/mol. The van der Waals surface area contributed by atoms with Gasteiger partial charge >= 0.3 is 0 Å². The number of fused-ring (bicyclic) bond motifs is 1. The summed E-state index contributed by atoms with van der Waals surface area (Å²) in [7, 11) is 0. The molecule has 0 fully saturated rings. The van der Waals surface area contributed by atoms with Crippen molar-refractivity contribution in [1.29, 1.82) is 0 Å². The molecular weight excluding hydrogens is 226 g/mol. The van der Waals surface area contributed by atoms with E-state index < -0.39 is 0 Å². The standard InChI is InChI=1S/C12H16ClNO2/c1-8(2-3-14)11-5-10(13)4-9-6-15-7-16-12(9)11/h4-5,8H,2-3,6-7,14H2,1H3. The van der Waals surface area contributed by atoms with E-state index in [1.54, 1.807) is 0 Å².